The lowest BCUT2D eigenvalue weighted by Gasteiger charge is -2.35. The zero-order chi connectivity index (χ0) is 16.4. The number of rotatable bonds is 3. The molecule has 0 N–H and O–H groups in total. The first-order chi connectivity index (χ1) is 11.8. The molecule has 0 atom stereocenters. The van der Waals surface area contributed by atoms with Crippen LogP contribution in [0.3, 0.4) is 0 Å². The van der Waals surface area contributed by atoms with E-state index in [0.717, 1.165) is 44.2 Å². The van der Waals surface area contributed by atoms with Gasteiger partial charge in [-0.3, -0.25) is 4.90 Å². The molecule has 24 heavy (non-hydrogen) atoms. The van der Waals surface area contributed by atoms with Crippen LogP contribution in [-0.2, 0) is 6.54 Å². The predicted molar refractivity (Wildman–Crippen MR) is 98.2 cm³/mol. The van der Waals surface area contributed by atoms with Crippen LogP contribution in [0.4, 0.5) is 5.82 Å². The van der Waals surface area contributed by atoms with Crippen molar-refractivity contribution in [2.24, 2.45) is 0 Å². The van der Waals surface area contributed by atoms with Crippen molar-refractivity contribution in [1.82, 2.24) is 15.1 Å². The Morgan fingerprint density at radius 2 is 1.62 bits per heavy atom. The summed E-state index contributed by atoms with van der Waals surface area (Å²) in [5, 5.41) is 11.2. The van der Waals surface area contributed by atoms with Crippen LogP contribution in [0.2, 0.25) is 0 Å². The van der Waals surface area contributed by atoms with Gasteiger partial charge < -0.3 is 4.90 Å². The number of aromatic nitrogens is 2. The van der Waals surface area contributed by atoms with Crippen LogP contribution in [0.1, 0.15) is 11.3 Å². The zero-order valence-corrected chi connectivity index (χ0v) is 14.0. The van der Waals surface area contributed by atoms with Crippen LogP contribution in [-0.4, -0.2) is 41.3 Å². The highest BCUT2D eigenvalue weighted by atomic mass is 15.3. The van der Waals surface area contributed by atoms with Gasteiger partial charge in [0.15, 0.2) is 5.82 Å². The molecule has 4 rings (SSSR count). The molecular weight excluding hydrogens is 296 g/mol. The summed E-state index contributed by atoms with van der Waals surface area (Å²) in [7, 11) is 0. The van der Waals surface area contributed by atoms with Crippen molar-refractivity contribution in [3.63, 3.8) is 0 Å². The molecule has 0 amide bonds. The molecule has 0 saturated carbocycles. The van der Waals surface area contributed by atoms with Gasteiger partial charge in [-0.2, -0.15) is 5.10 Å². The number of hydrogen-bond acceptors (Lipinski definition) is 4. The lowest BCUT2D eigenvalue weighted by atomic mass is 10.0. The SMILES string of the molecule is Cc1ccc(N2CCN(Cc3cccc4ccccc34)CC2)nn1. The van der Waals surface area contributed by atoms with Crippen molar-refractivity contribution in [1.29, 1.82) is 0 Å². The topological polar surface area (TPSA) is 32.3 Å². The lowest BCUT2D eigenvalue weighted by Crippen LogP contribution is -2.46. The summed E-state index contributed by atoms with van der Waals surface area (Å²) in [6, 6.07) is 19.3. The molecule has 2 heterocycles. The van der Waals surface area contributed by atoms with Crippen molar-refractivity contribution < 1.29 is 0 Å². The number of piperazine rings is 1. The third kappa shape index (κ3) is 3.10. The molecule has 0 radical (unpaired) electrons. The van der Waals surface area contributed by atoms with Gasteiger partial charge in [0.1, 0.15) is 0 Å². The van der Waals surface area contributed by atoms with Crippen molar-refractivity contribution in [2.75, 3.05) is 31.1 Å². The van der Waals surface area contributed by atoms with E-state index in [9.17, 15) is 0 Å². The van der Waals surface area contributed by atoms with Crippen molar-refractivity contribution >= 4 is 16.6 Å². The Kier molecular flexibility index (Phi) is 4.13. The van der Waals surface area contributed by atoms with Crippen LogP contribution < -0.4 is 4.90 Å². The van der Waals surface area contributed by atoms with Crippen LogP contribution in [0.15, 0.2) is 54.6 Å². The van der Waals surface area contributed by atoms with Crippen LogP contribution >= 0.6 is 0 Å². The molecule has 0 aliphatic carbocycles. The summed E-state index contributed by atoms with van der Waals surface area (Å²) in [5.74, 6) is 0.991. The number of hydrogen-bond donors (Lipinski definition) is 0. The Morgan fingerprint density at radius 3 is 2.42 bits per heavy atom. The van der Waals surface area contributed by atoms with E-state index < -0.39 is 0 Å². The molecule has 0 unspecified atom stereocenters. The molecule has 2 aromatic carbocycles. The summed E-state index contributed by atoms with van der Waals surface area (Å²) < 4.78 is 0. The Morgan fingerprint density at radius 1 is 0.833 bits per heavy atom. The second-order valence-electron chi connectivity index (χ2n) is 6.43. The number of benzene rings is 2. The van der Waals surface area contributed by atoms with E-state index in [2.05, 4.69) is 68.5 Å². The Balaban J connectivity index is 1.43. The van der Waals surface area contributed by atoms with Gasteiger partial charge in [-0.1, -0.05) is 42.5 Å². The normalized spacial score (nSPS) is 15.8. The fourth-order valence-electron chi connectivity index (χ4n) is 3.37. The maximum atomic E-state index is 4.31. The molecule has 1 aromatic heterocycles. The lowest BCUT2D eigenvalue weighted by molar-refractivity contribution is 0.250. The second kappa shape index (κ2) is 6.57. The molecule has 1 saturated heterocycles. The molecule has 3 aromatic rings. The summed E-state index contributed by atoms with van der Waals surface area (Å²) in [6.07, 6.45) is 0. The standard InChI is InChI=1S/C20H22N4/c1-16-9-10-20(22-21-16)24-13-11-23(12-14-24)15-18-7-4-6-17-5-2-3-8-19(17)18/h2-10H,11-15H2,1H3. The Labute approximate surface area is 142 Å². The van der Waals surface area contributed by atoms with Gasteiger partial charge in [0, 0.05) is 32.7 Å². The monoisotopic (exact) mass is 318 g/mol. The summed E-state index contributed by atoms with van der Waals surface area (Å²) >= 11 is 0. The minimum Gasteiger partial charge on any atom is -0.353 e. The molecule has 0 spiro atoms. The third-order valence-corrected chi connectivity index (χ3v) is 4.75. The largest absolute Gasteiger partial charge is 0.353 e. The van der Waals surface area contributed by atoms with Crippen molar-refractivity contribution in [2.45, 2.75) is 13.5 Å². The minimum absolute atomic E-state index is 0.966. The maximum absolute atomic E-state index is 4.31. The number of anilines is 1. The minimum atomic E-state index is 0.966. The number of nitrogens with zero attached hydrogens (tertiary/aromatic N) is 4. The quantitative estimate of drug-likeness (QED) is 0.742. The average molecular weight is 318 g/mol. The van der Waals surface area contributed by atoms with E-state index in [4.69, 9.17) is 0 Å². The van der Waals surface area contributed by atoms with Crippen LogP contribution in [0, 0.1) is 6.92 Å². The van der Waals surface area contributed by atoms with Gasteiger partial charge in [0.25, 0.3) is 0 Å². The fraction of sp³-hybridized carbons (Fsp3) is 0.300. The molecule has 4 nitrogen and oxygen atoms in total. The fourth-order valence-corrected chi connectivity index (χ4v) is 3.37. The van der Waals surface area contributed by atoms with Gasteiger partial charge >= 0.3 is 0 Å². The highest BCUT2D eigenvalue weighted by Gasteiger charge is 2.18. The maximum Gasteiger partial charge on any atom is 0.151 e. The van der Waals surface area contributed by atoms with Crippen LogP contribution in [0.25, 0.3) is 10.8 Å². The first-order valence-corrected chi connectivity index (χ1v) is 8.54. The van der Waals surface area contributed by atoms with Crippen molar-refractivity contribution in [3.05, 3.63) is 65.9 Å². The van der Waals surface area contributed by atoms with E-state index >= 15 is 0 Å². The number of fused-ring (bicyclic) bond motifs is 1. The molecule has 1 fully saturated rings. The van der Waals surface area contributed by atoms with E-state index in [-0.39, 0.29) is 0 Å². The first kappa shape index (κ1) is 15.1. The summed E-state index contributed by atoms with van der Waals surface area (Å²) in [5.41, 5.74) is 2.38. The molecular formula is C20H22N4. The second-order valence-corrected chi connectivity index (χ2v) is 6.43. The predicted octanol–water partition coefficient (Wildman–Crippen LogP) is 3.26. The van der Waals surface area contributed by atoms with E-state index in [1.807, 2.05) is 13.0 Å². The summed E-state index contributed by atoms with van der Waals surface area (Å²) in [6.45, 7) is 7.09. The van der Waals surface area contributed by atoms with Crippen molar-refractivity contribution in [3.8, 4) is 0 Å². The highest BCUT2D eigenvalue weighted by molar-refractivity contribution is 5.85. The number of aryl methyl sites for hydroxylation is 1. The highest BCUT2D eigenvalue weighted by Crippen LogP contribution is 2.21. The molecule has 122 valence electrons. The van der Waals surface area contributed by atoms with E-state index in [1.165, 1.54) is 16.3 Å². The van der Waals surface area contributed by atoms with Gasteiger partial charge in [-0.25, -0.2) is 0 Å². The Bertz CT molecular complexity index is 815. The third-order valence-electron chi connectivity index (χ3n) is 4.75. The van der Waals surface area contributed by atoms with E-state index in [1.54, 1.807) is 0 Å². The van der Waals surface area contributed by atoms with Gasteiger partial charge in [0.05, 0.1) is 5.69 Å². The molecule has 1 aliphatic heterocycles. The zero-order valence-electron chi connectivity index (χ0n) is 14.0. The molecule has 1 aliphatic rings. The molecule has 4 heteroatoms. The first-order valence-electron chi connectivity index (χ1n) is 8.54. The van der Waals surface area contributed by atoms with Gasteiger partial charge in [-0.05, 0) is 35.4 Å². The van der Waals surface area contributed by atoms with Gasteiger partial charge in [-0.15, -0.1) is 5.10 Å². The van der Waals surface area contributed by atoms with E-state index in [0.29, 0.717) is 0 Å². The average Bonchev–Trinajstić information content (AvgIpc) is 2.63. The smallest absolute Gasteiger partial charge is 0.151 e. The van der Waals surface area contributed by atoms with Crippen LogP contribution in [0.5, 0.6) is 0 Å². The van der Waals surface area contributed by atoms with Gasteiger partial charge in [0.2, 0.25) is 0 Å². The summed E-state index contributed by atoms with van der Waals surface area (Å²) in [4.78, 5) is 4.85. The Hall–Kier alpha value is -2.46. The molecule has 0 bridgehead atoms.